The van der Waals surface area contributed by atoms with Crippen molar-refractivity contribution in [3.63, 3.8) is 0 Å². The van der Waals surface area contributed by atoms with Crippen molar-refractivity contribution >= 4 is 5.91 Å². The molecule has 1 N–H and O–H groups in total. The van der Waals surface area contributed by atoms with Crippen molar-refractivity contribution < 1.29 is 9.53 Å². The van der Waals surface area contributed by atoms with Crippen LogP contribution in [-0.2, 0) is 30.6 Å². The van der Waals surface area contributed by atoms with E-state index in [2.05, 4.69) is 23.5 Å². The minimum Gasteiger partial charge on any atom is -0.492 e. The molecule has 1 unspecified atom stereocenters. The second kappa shape index (κ2) is 6.07. The minimum atomic E-state index is -0.0978. The zero-order valence-corrected chi connectivity index (χ0v) is 13.2. The van der Waals surface area contributed by atoms with Gasteiger partial charge in [-0.3, -0.25) is 4.79 Å². The number of hydrogen-bond donors (Lipinski definition) is 1. The summed E-state index contributed by atoms with van der Waals surface area (Å²) in [5, 5.41) is 3.07. The van der Waals surface area contributed by atoms with Crippen LogP contribution in [-0.4, -0.2) is 12.5 Å². The predicted octanol–water partition coefficient (Wildman–Crippen LogP) is 3.04. The fourth-order valence-electron chi connectivity index (χ4n) is 3.57. The largest absolute Gasteiger partial charge is 0.492 e. The van der Waals surface area contributed by atoms with Crippen LogP contribution in [0, 0.1) is 5.92 Å². The second-order valence-corrected chi connectivity index (χ2v) is 6.49. The minimum absolute atomic E-state index is 0.0833. The molecule has 3 heteroatoms. The van der Waals surface area contributed by atoms with Crippen LogP contribution in [0.4, 0.5) is 0 Å². The van der Waals surface area contributed by atoms with Crippen LogP contribution in [0.15, 0.2) is 42.5 Å². The van der Waals surface area contributed by atoms with E-state index in [1.165, 1.54) is 36.0 Å². The monoisotopic (exact) mass is 307 g/mol. The van der Waals surface area contributed by atoms with E-state index >= 15 is 0 Å². The van der Waals surface area contributed by atoms with Crippen molar-refractivity contribution in [1.82, 2.24) is 5.32 Å². The summed E-state index contributed by atoms with van der Waals surface area (Å²) >= 11 is 0. The zero-order chi connectivity index (χ0) is 15.6. The van der Waals surface area contributed by atoms with Crippen LogP contribution >= 0.6 is 0 Å². The van der Waals surface area contributed by atoms with E-state index in [0.29, 0.717) is 13.2 Å². The number of amides is 1. The predicted molar refractivity (Wildman–Crippen MR) is 89.4 cm³/mol. The maximum atomic E-state index is 12.4. The van der Waals surface area contributed by atoms with Gasteiger partial charge in [-0.2, -0.15) is 0 Å². The number of para-hydroxylation sites is 1. The van der Waals surface area contributed by atoms with Crippen LogP contribution in [0.2, 0.25) is 0 Å². The third kappa shape index (κ3) is 2.96. The van der Waals surface area contributed by atoms with Crippen molar-refractivity contribution in [2.24, 2.45) is 5.92 Å². The first kappa shape index (κ1) is 14.3. The summed E-state index contributed by atoms with van der Waals surface area (Å²) in [6.45, 7) is 1.07. The van der Waals surface area contributed by atoms with Crippen LogP contribution in [0.25, 0.3) is 0 Å². The summed E-state index contributed by atoms with van der Waals surface area (Å²) in [7, 11) is 0. The molecule has 23 heavy (non-hydrogen) atoms. The van der Waals surface area contributed by atoms with Gasteiger partial charge in [-0.15, -0.1) is 0 Å². The van der Waals surface area contributed by atoms with Crippen molar-refractivity contribution in [3.8, 4) is 5.75 Å². The number of fused-ring (bicyclic) bond motifs is 2. The van der Waals surface area contributed by atoms with Gasteiger partial charge in [-0.1, -0.05) is 36.4 Å². The Labute approximate surface area is 136 Å². The Bertz CT molecular complexity index is 738. The first-order chi connectivity index (χ1) is 11.3. The molecule has 1 aliphatic carbocycles. The summed E-state index contributed by atoms with van der Waals surface area (Å²) < 4.78 is 5.71. The van der Waals surface area contributed by atoms with Gasteiger partial charge in [0.15, 0.2) is 0 Å². The SMILES string of the molecule is O=C(NCc1ccc2c(c1)CCC2)C1COc2ccccc2C1. The van der Waals surface area contributed by atoms with Gasteiger partial charge in [-0.25, -0.2) is 0 Å². The van der Waals surface area contributed by atoms with Crippen molar-refractivity contribution in [2.45, 2.75) is 32.2 Å². The van der Waals surface area contributed by atoms with Gasteiger partial charge < -0.3 is 10.1 Å². The Kier molecular flexibility index (Phi) is 3.78. The van der Waals surface area contributed by atoms with Gasteiger partial charge >= 0.3 is 0 Å². The average molecular weight is 307 g/mol. The smallest absolute Gasteiger partial charge is 0.227 e. The van der Waals surface area contributed by atoms with Gasteiger partial charge in [0, 0.05) is 6.54 Å². The molecule has 4 rings (SSSR count). The topological polar surface area (TPSA) is 38.3 Å². The summed E-state index contributed by atoms with van der Waals surface area (Å²) in [5.74, 6) is 0.898. The molecule has 0 fully saturated rings. The Morgan fingerprint density at radius 1 is 1.09 bits per heavy atom. The molecule has 1 atom stereocenters. The highest BCUT2D eigenvalue weighted by Gasteiger charge is 2.25. The van der Waals surface area contributed by atoms with Crippen LogP contribution in [0.1, 0.15) is 28.7 Å². The molecule has 2 aromatic rings. The van der Waals surface area contributed by atoms with Gasteiger partial charge in [0.1, 0.15) is 12.4 Å². The van der Waals surface area contributed by atoms with E-state index in [1.807, 2.05) is 24.3 Å². The van der Waals surface area contributed by atoms with E-state index in [-0.39, 0.29) is 11.8 Å². The lowest BCUT2D eigenvalue weighted by molar-refractivity contribution is -0.126. The highest BCUT2D eigenvalue weighted by Crippen LogP contribution is 2.27. The van der Waals surface area contributed by atoms with Crippen LogP contribution in [0.5, 0.6) is 5.75 Å². The molecule has 1 amide bonds. The highest BCUT2D eigenvalue weighted by atomic mass is 16.5. The molecule has 0 bridgehead atoms. The first-order valence-electron chi connectivity index (χ1n) is 8.39. The quantitative estimate of drug-likeness (QED) is 0.946. The van der Waals surface area contributed by atoms with E-state index in [4.69, 9.17) is 4.74 Å². The molecule has 118 valence electrons. The van der Waals surface area contributed by atoms with Crippen molar-refractivity contribution in [3.05, 3.63) is 64.7 Å². The number of carbonyl (C=O) groups is 1. The van der Waals surface area contributed by atoms with Gasteiger partial charge in [-0.05, 0) is 54.0 Å². The first-order valence-corrected chi connectivity index (χ1v) is 8.39. The normalized spacial score (nSPS) is 18.7. The molecule has 0 saturated carbocycles. The standard InChI is InChI=1S/C20H21NO2/c22-20(18-11-17-4-1-2-7-19(17)23-13-18)21-12-14-8-9-15-5-3-6-16(15)10-14/h1-2,4,7-10,18H,3,5-6,11-13H2,(H,21,22). The Hall–Kier alpha value is -2.29. The maximum Gasteiger partial charge on any atom is 0.227 e. The molecule has 0 radical (unpaired) electrons. The molecular formula is C20H21NO2. The molecule has 3 nitrogen and oxygen atoms in total. The molecular weight excluding hydrogens is 286 g/mol. The fourth-order valence-corrected chi connectivity index (χ4v) is 3.57. The zero-order valence-electron chi connectivity index (χ0n) is 13.2. The number of hydrogen-bond acceptors (Lipinski definition) is 2. The third-order valence-electron chi connectivity index (χ3n) is 4.88. The highest BCUT2D eigenvalue weighted by molar-refractivity contribution is 5.79. The fraction of sp³-hybridized carbons (Fsp3) is 0.350. The number of ether oxygens (including phenoxy) is 1. The van der Waals surface area contributed by atoms with Crippen molar-refractivity contribution in [2.75, 3.05) is 6.61 Å². The summed E-state index contributed by atoms with van der Waals surface area (Å²) in [4.78, 5) is 12.4. The van der Waals surface area contributed by atoms with Crippen LogP contribution in [0.3, 0.4) is 0 Å². The van der Waals surface area contributed by atoms with Gasteiger partial charge in [0.05, 0.1) is 5.92 Å². The van der Waals surface area contributed by atoms with Crippen LogP contribution < -0.4 is 10.1 Å². The molecule has 2 aromatic carbocycles. The molecule has 1 aliphatic heterocycles. The number of benzene rings is 2. The number of aryl methyl sites for hydroxylation is 2. The van der Waals surface area contributed by atoms with E-state index in [0.717, 1.165) is 17.7 Å². The Morgan fingerprint density at radius 3 is 2.91 bits per heavy atom. The van der Waals surface area contributed by atoms with E-state index in [1.54, 1.807) is 0 Å². The van der Waals surface area contributed by atoms with Crippen molar-refractivity contribution in [1.29, 1.82) is 0 Å². The molecule has 2 aliphatic rings. The number of carbonyl (C=O) groups excluding carboxylic acids is 1. The van der Waals surface area contributed by atoms with E-state index in [9.17, 15) is 4.79 Å². The molecule has 0 aromatic heterocycles. The average Bonchev–Trinajstić information content (AvgIpc) is 3.07. The second-order valence-electron chi connectivity index (χ2n) is 6.49. The van der Waals surface area contributed by atoms with Gasteiger partial charge in [0.25, 0.3) is 0 Å². The summed E-state index contributed by atoms with van der Waals surface area (Å²) in [6.07, 6.45) is 4.38. The Balaban J connectivity index is 1.37. The summed E-state index contributed by atoms with van der Waals surface area (Å²) in [6, 6.07) is 14.6. The summed E-state index contributed by atoms with van der Waals surface area (Å²) in [5.41, 5.74) is 5.23. The lowest BCUT2D eigenvalue weighted by atomic mass is 9.96. The maximum absolute atomic E-state index is 12.4. The molecule has 1 heterocycles. The lowest BCUT2D eigenvalue weighted by Crippen LogP contribution is -2.37. The van der Waals surface area contributed by atoms with E-state index < -0.39 is 0 Å². The third-order valence-corrected chi connectivity index (χ3v) is 4.88. The lowest BCUT2D eigenvalue weighted by Gasteiger charge is -2.24. The molecule has 0 saturated heterocycles. The Morgan fingerprint density at radius 2 is 1.96 bits per heavy atom. The number of nitrogens with one attached hydrogen (secondary N) is 1. The molecule has 0 spiro atoms. The number of rotatable bonds is 3. The van der Waals surface area contributed by atoms with Gasteiger partial charge in [0.2, 0.25) is 5.91 Å².